The number of nitriles is 1. The van der Waals surface area contributed by atoms with Gasteiger partial charge in [0.2, 0.25) is 0 Å². The van der Waals surface area contributed by atoms with E-state index in [0.29, 0.717) is 11.3 Å². The Balaban J connectivity index is 2.19. The van der Waals surface area contributed by atoms with Crippen LogP contribution in [-0.2, 0) is 4.79 Å². The Morgan fingerprint density at radius 2 is 1.88 bits per heavy atom. The highest BCUT2D eigenvalue weighted by molar-refractivity contribution is 6.09. The zero-order chi connectivity index (χ0) is 18.4. The summed E-state index contributed by atoms with van der Waals surface area (Å²) in [7, 11) is 1.41. The average Bonchev–Trinajstić information content (AvgIpc) is 2.60. The first-order valence-electron chi connectivity index (χ1n) is 7.08. The molecule has 0 fully saturated rings. The lowest BCUT2D eigenvalue weighted by Gasteiger charge is -2.06. The Labute approximate surface area is 143 Å². The number of amides is 1. The van der Waals surface area contributed by atoms with E-state index >= 15 is 0 Å². The first kappa shape index (κ1) is 17.6. The fraction of sp³-hybridized carbons (Fsp3) is 0.0556. The second-order valence-corrected chi connectivity index (χ2v) is 4.94. The first-order chi connectivity index (χ1) is 11.9. The van der Waals surface area contributed by atoms with Gasteiger partial charge in [0.1, 0.15) is 11.6 Å². The molecular weight excluding hydrogens is 324 g/mol. The summed E-state index contributed by atoms with van der Waals surface area (Å²) in [6.45, 7) is 0. The molecule has 2 rings (SSSR count). The molecule has 0 bridgehead atoms. The summed E-state index contributed by atoms with van der Waals surface area (Å²) in [5.74, 6) is -1.56. The highest BCUT2D eigenvalue weighted by Crippen LogP contribution is 2.27. The number of aromatic hydroxyl groups is 1. The molecule has 126 valence electrons. The van der Waals surface area contributed by atoms with Crippen LogP contribution in [0.2, 0.25) is 0 Å². The van der Waals surface area contributed by atoms with Crippen LogP contribution in [-0.4, -0.2) is 29.2 Å². The Kier molecular flexibility index (Phi) is 5.38. The van der Waals surface area contributed by atoms with Crippen LogP contribution in [0.4, 0.5) is 5.69 Å². The van der Waals surface area contributed by atoms with Gasteiger partial charge in [0, 0.05) is 5.69 Å². The Hall–Kier alpha value is -3.79. The molecule has 0 aromatic heterocycles. The number of hydrogen-bond donors (Lipinski definition) is 3. The van der Waals surface area contributed by atoms with Crippen molar-refractivity contribution in [3.8, 4) is 17.6 Å². The van der Waals surface area contributed by atoms with E-state index in [1.807, 2.05) is 0 Å². The lowest BCUT2D eigenvalue weighted by atomic mass is 10.1. The minimum Gasteiger partial charge on any atom is -0.504 e. The number of benzene rings is 2. The summed E-state index contributed by atoms with van der Waals surface area (Å²) in [6, 6.07) is 11.8. The third kappa shape index (κ3) is 4.36. The molecule has 25 heavy (non-hydrogen) atoms. The molecular formula is C18H14N2O5. The van der Waals surface area contributed by atoms with Gasteiger partial charge in [0.15, 0.2) is 11.5 Å². The number of carbonyl (C=O) groups is 2. The van der Waals surface area contributed by atoms with Crippen molar-refractivity contribution < 1.29 is 24.5 Å². The SMILES string of the molecule is COc1ccc(/C=C(/C#N)C(=O)Nc2ccc(C(=O)O)cc2)cc1O. The highest BCUT2D eigenvalue weighted by atomic mass is 16.5. The minimum atomic E-state index is -1.07. The van der Waals surface area contributed by atoms with Gasteiger partial charge in [-0.25, -0.2) is 4.79 Å². The molecule has 7 nitrogen and oxygen atoms in total. The van der Waals surface area contributed by atoms with Crippen molar-refractivity contribution in [2.45, 2.75) is 0 Å². The zero-order valence-electron chi connectivity index (χ0n) is 13.2. The van der Waals surface area contributed by atoms with E-state index in [9.17, 15) is 20.0 Å². The largest absolute Gasteiger partial charge is 0.504 e. The van der Waals surface area contributed by atoms with Crippen molar-refractivity contribution in [2.75, 3.05) is 12.4 Å². The monoisotopic (exact) mass is 338 g/mol. The van der Waals surface area contributed by atoms with Crippen LogP contribution < -0.4 is 10.1 Å². The van der Waals surface area contributed by atoms with Crippen molar-refractivity contribution in [2.24, 2.45) is 0 Å². The Morgan fingerprint density at radius 1 is 1.20 bits per heavy atom. The van der Waals surface area contributed by atoms with E-state index in [0.717, 1.165) is 0 Å². The minimum absolute atomic E-state index is 0.0859. The molecule has 0 heterocycles. The summed E-state index contributed by atoms with van der Waals surface area (Å²) < 4.78 is 4.93. The second-order valence-electron chi connectivity index (χ2n) is 4.94. The van der Waals surface area contributed by atoms with Gasteiger partial charge in [-0.3, -0.25) is 4.79 Å². The number of anilines is 1. The number of hydrogen-bond acceptors (Lipinski definition) is 5. The van der Waals surface area contributed by atoms with Gasteiger partial charge < -0.3 is 20.3 Å². The van der Waals surface area contributed by atoms with Gasteiger partial charge in [-0.05, 0) is 48.0 Å². The maximum absolute atomic E-state index is 12.2. The lowest BCUT2D eigenvalue weighted by Crippen LogP contribution is -2.13. The molecule has 0 spiro atoms. The number of carboxylic acids is 1. The van der Waals surface area contributed by atoms with Crippen molar-refractivity contribution >= 4 is 23.6 Å². The molecule has 3 N–H and O–H groups in total. The molecule has 0 aliphatic heterocycles. The van der Waals surface area contributed by atoms with Gasteiger partial charge in [-0.15, -0.1) is 0 Å². The van der Waals surface area contributed by atoms with Gasteiger partial charge >= 0.3 is 5.97 Å². The Morgan fingerprint density at radius 3 is 2.40 bits per heavy atom. The van der Waals surface area contributed by atoms with Crippen molar-refractivity contribution in [1.29, 1.82) is 5.26 Å². The number of nitrogens with one attached hydrogen (secondary N) is 1. The van der Waals surface area contributed by atoms with Gasteiger partial charge in [0.05, 0.1) is 12.7 Å². The van der Waals surface area contributed by atoms with Crippen LogP contribution in [0.3, 0.4) is 0 Å². The number of carbonyl (C=O) groups excluding carboxylic acids is 1. The van der Waals surface area contributed by atoms with E-state index in [-0.39, 0.29) is 22.6 Å². The second kappa shape index (κ2) is 7.66. The normalized spacial score (nSPS) is 10.6. The summed E-state index contributed by atoms with van der Waals surface area (Å²) in [5.41, 5.74) is 0.717. The van der Waals surface area contributed by atoms with Crippen LogP contribution in [0.25, 0.3) is 6.08 Å². The molecule has 0 saturated carbocycles. The fourth-order valence-corrected chi connectivity index (χ4v) is 2.01. The molecule has 0 atom stereocenters. The van der Waals surface area contributed by atoms with Crippen LogP contribution >= 0.6 is 0 Å². The van der Waals surface area contributed by atoms with E-state index in [2.05, 4.69) is 5.32 Å². The predicted molar refractivity (Wildman–Crippen MR) is 90.3 cm³/mol. The molecule has 0 saturated heterocycles. The average molecular weight is 338 g/mol. The highest BCUT2D eigenvalue weighted by Gasteiger charge is 2.11. The summed E-state index contributed by atoms with van der Waals surface area (Å²) >= 11 is 0. The summed E-state index contributed by atoms with van der Waals surface area (Å²) in [5, 5.41) is 30.3. The van der Waals surface area contributed by atoms with Gasteiger partial charge in [-0.2, -0.15) is 5.26 Å². The van der Waals surface area contributed by atoms with E-state index in [4.69, 9.17) is 9.84 Å². The smallest absolute Gasteiger partial charge is 0.335 e. The molecule has 2 aromatic rings. The van der Waals surface area contributed by atoms with Crippen LogP contribution in [0, 0.1) is 11.3 Å². The summed E-state index contributed by atoms with van der Waals surface area (Å²) in [6.07, 6.45) is 1.32. The quantitative estimate of drug-likeness (QED) is 0.569. The van der Waals surface area contributed by atoms with Crippen LogP contribution in [0.5, 0.6) is 11.5 Å². The number of rotatable bonds is 5. The third-order valence-electron chi connectivity index (χ3n) is 3.27. The van der Waals surface area contributed by atoms with Crippen LogP contribution in [0.1, 0.15) is 15.9 Å². The number of carboxylic acid groups (broad SMARTS) is 1. The van der Waals surface area contributed by atoms with Crippen molar-refractivity contribution in [3.05, 3.63) is 59.2 Å². The van der Waals surface area contributed by atoms with Gasteiger partial charge in [0.25, 0.3) is 5.91 Å². The number of nitrogens with zero attached hydrogens (tertiary/aromatic N) is 1. The standard InChI is InChI=1S/C18H14N2O5/c1-25-16-7-2-11(9-15(16)21)8-13(10-19)17(22)20-14-5-3-12(4-6-14)18(23)24/h2-9,21H,1H3,(H,20,22)(H,23,24)/b13-8-. The number of ether oxygens (including phenoxy) is 1. The number of phenols is 1. The molecule has 0 radical (unpaired) electrons. The van der Waals surface area contributed by atoms with Crippen LogP contribution in [0.15, 0.2) is 48.0 Å². The predicted octanol–water partition coefficient (Wildman–Crippen LogP) is 2.64. The topological polar surface area (TPSA) is 120 Å². The maximum Gasteiger partial charge on any atom is 0.335 e. The molecule has 2 aromatic carbocycles. The number of methoxy groups -OCH3 is 1. The molecule has 0 unspecified atom stereocenters. The van der Waals surface area contributed by atoms with E-state index in [1.54, 1.807) is 12.1 Å². The zero-order valence-corrected chi connectivity index (χ0v) is 13.2. The maximum atomic E-state index is 12.2. The van der Waals surface area contributed by atoms with Gasteiger partial charge in [-0.1, -0.05) is 6.07 Å². The number of aromatic carboxylic acids is 1. The first-order valence-corrected chi connectivity index (χ1v) is 7.08. The number of phenolic OH excluding ortho intramolecular Hbond substituents is 1. The van der Waals surface area contributed by atoms with Crippen molar-refractivity contribution in [3.63, 3.8) is 0 Å². The summed E-state index contributed by atoms with van der Waals surface area (Å²) in [4.78, 5) is 23.0. The van der Waals surface area contributed by atoms with E-state index in [1.165, 1.54) is 49.6 Å². The molecule has 0 aliphatic carbocycles. The molecule has 7 heteroatoms. The Bertz CT molecular complexity index is 879. The third-order valence-corrected chi connectivity index (χ3v) is 3.27. The fourth-order valence-electron chi connectivity index (χ4n) is 2.01. The van der Waals surface area contributed by atoms with Crippen molar-refractivity contribution in [1.82, 2.24) is 0 Å². The lowest BCUT2D eigenvalue weighted by molar-refractivity contribution is -0.112. The molecule has 0 aliphatic rings. The van der Waals surface area contributed by atoms with E-state index < -0.39 is 11.9 Å². The molecule has 1 amide bonds.